The minimum atomic E-state index is -0.874. The minimum absolute atomic E-state index is 0.0526. The Morgan fingerprint density at radius 3 is 2.55 bits per heavy atom. The number of halogens is 1. The number of rotatable bonds is 4. The van der Waals surface area contributed by atoms with Crippen molar-refractivity contribution in [3.05, 3.63) is 58.1 Å². The van der Waals surface area contributed by atoms with Gasteiger partial charge in [-0.25, -0.2) is 0 Å². The largest absolute Gasteiger partial charge is 0.325 e. The van der Waals surface area contributed by atoms with Gasteiger partial charge in [0.2, 0.25) is 11.8 Å². The lowest BCUT2D eigenvalue weighted by Crippen LogP contribution is -2.42. The van der Waals surface area contributed by atoms with Crippen LogP contribution in [-0.4, -0.2) is 18.4 Å². The predicted octanol–water partition coefficient (Wildman–Crippen LogP) is 4.85. The van der Waals surface area contributed by atoms with Gasteiger partial charge in [-0.2, -0.15) is 5.26 Å². The highest BCUT2D eigenvalue weighted by molar-refractivity contribution is 6.31. The monoisotopic (exact) mass is 409 g/mol. The van der Waals surface area contributed by atoms with E-state index in [1.807, 2.05) is 52.0 Å². The summed E-state index contributed by atoms with van der Waals surface area (Å²) in [6.45, 7) is 8.00. The van der Waals surface area contributed by atoms with Gasteiger partial charge in [0.15, 0.2) is 0 Å². The summed E-state index contributed by atoms with van der Waals surface area (Å²) in [6, 6.07) is 12.7. The van der Waals surface area contributed by atoms with Crippen molar-refractivity contribution in [2.75, 3.05) is 16.8 Å². The number of carbonyl (C=O) groups excluding carboxylic acids is 2. The molecular weight excluding hydrogens is 386 g/mol. The second-order valence-electron chi connectivity index (χ2n) is 7.69. The van der Waals surface area contributed by atoms with Crippen molar-refractivity contribution >= 4 is 34.8 Å². The van der Waals surface area contributed by atoms with Gasteiger partial charge in [-0.05, 0) is 49.6 Å². The molecule has 1 fully saturated rings. The van der Waals surface area contributed by atoms with Crippen LogP contribution in [0.15, 0.2) is 36.4 Å². The fraction of sp³-hybridized carbons (Fsp3) is 0.348. The average molecular weight is 410 g/mol. The molecule has 1 N–H and O–H groups in total. The van der Waals surface area contributed by atoms with Crippen molar-refractivity contribution in [3.8, 4) is 6.07 Å². The Labute approximate surface area is 176 Å². The summed E-state index contributed by atoms with van der Waals surface area (Å²) in [4.78, 5) is 28.3. The Hall–Kier alpha value is -2.84. The molecule has 5 nitrogen and oxygen atoms in total. The van der Waals surface area contributed by atoms with Crippen molar-refractivity contribution < 1.29 is 9.59 Å². The van der Waals surface area contributed by atoms with Gasteiger partial charge in [-0.3, -0.25) is 9.59 Å². The number of anilines is 2. The van der Waals surface area contributed by atoms with E-state index in [2.05, 4.69) is 5.32 Å². The Morgan fingerprint density at radius 1 is 1.31 bits per heavy atom. The number of carbonyl (C=O) groups is 2. The molecule has 2 amide bonds. The first kappa shape index (κ1) is 20.9. The van der Waals surface area contributed by atoms with Crippen molar-refractivity contribution in [1.82, 2.24) is 0 Å². The Morgan fingerprint density at radius 2 is 1.97 bits per heavy atom. The molecule has 0 aliphatic carbocycles. The van der Waals surface area contributed by atoms with Crippen LogP contribution in [0.25, 0.3) is 0 Å². The topological polar surface area (TPSA) is 73.2 Å². The molecule has 1 unspecified atom stereocenters. The van der Waals surface area contributed by atoms with Gasteiger partial charge < -0.3 is 10.2 Å². The van der Waals surface area contributed by atoms with E-state index in [9.17, 15) is 9.59 Å². The fourth-order valence-corrected chi connectivity index (χ4v) is 4.45. The van der Waals surface area contributed by atoms with Crippen LogP contribution >= 0.6 is 11.6 Å². The molecular formula is C23H24ClN3O2. The van der Waals surface area contributed by atoms with E-state index in [-0.39, 0.29) is 11.8 Å². The Balaban J connectivity index is 1.96. The minimum Gasteiger partial charge on any atom is -0.325 e. The molecule has 1 aliphatic heterocycles. The maximum atomic E-state index is 13.4. The Bertz CT molecular complexity index is 1010. The zero-order valence-corrected chi connectivity index (χ0v) is 17.8. The van der Waals surface area contributed by atoms with Gasteiger partial charge in [0, 0.05) is 22.9 Å². The molecule has 1 heterocycles. The summed E-state index contributed by atoms with van der Waals surface area (Å²) >= 11 is 6.07. The molecule has 2 aromatic rings. The maximum absolute atomic E-state index is 13.4. The SMILES string of the molecule is CC[C@@]1(C(=O)Nc2cc(Cl)cc(C#N)c2)CN(c2c(C)cccc2C)C(=O)C1C. The van der Waals surface area contributed by atoms with E-state index < -0.39 is 11.3 Å². The molecule has 2 atom stereocenters. The Kier molecular flexibility index (Phi) is 5.68. The number of benzene rings is 2. The number of amides is 2. The molecule has 2 aromatic carbocycles. The standard InChI is InChI=1S/C23H24ClN3O2/c1-5-23(22(29)26-19-10-17(12-25)9-18(24)11-19)13-27(21(28)16(23)4)20-14(2)7-6-8-15(20)3/h6-11,16H,5,13H2,1-4H3,(H,26,29)/t16?,23-/m1/s1. The molecule has 150 valence electrons. The van der Waals surface area contributed by atoms with Crippen LogP contribution in [0.4, 0.5) is 11.4 Å². The molecule has 3 rings (SSSR count). The smallest absolute Gasteiger partial charge is 0.233 e. The van der Waals surface area contributed by atoms with Gasteiger partial charge in [0.1, 0.15) is 0 Å². The van der Waals surface area contributed by atoms with E-state index in [1.165, 1.54) is 6.07 Å². The molecule has 0 spiro atoms. The average Bonchev–Trinajstić information content (AvgIpc) is 2.93. The van der Waals surface area contributed by atoms with Crippen LogP contribution < -0.4 is 10.2 Å². The molecule has 1 aliphatic rings. The molecule has 6 heteroatoms. The van der Waals surface area contributed by atoms with Crippen molar-refractivity contribution in [3.63, 3.8) is 0 Å². The van der Waals surface area contributed by atoms with Gasteiger partial charge in [0.25, 0.3) is 0 Å². The number of para-hydroxylation sites is 1. The first-order valence-corrected chi connectivity index (χ1v) is 10.0. The number of hydrogen-bond donors (Lipinski definition) is 1. The first-order valence-electron chi connectivity index (χ1n) is 9.63. The van der Waals surface area contributed by atoms with Crippen LogP contribution in [0.2, 0.25) is 5.02 Å². The first-order chi connectivity index (χ1) is 13.7. The quantitative estimate of drug-likeness (QED) is 0.784. The summed E-state index contributed by atoms with van der Waals surface area (Å²) in [5.74, 6) is -0.759. The highest BCUT2D eigenvalue weighted by Gasteiger charge is 2.54. The van der Waals surface area contributed by atoms with Gasteiger partial charge in [0.05, 0.1) is 23.0 Å². The van der Waals surface area contributed by atoms with Crippen LogP contribution in [0.1, 0.15) is 37.0 Å². The fourth-order valence-electron chi connectivity index (χ4n) is 4.22. The van der Waals surface area contributed by atoms with Crippen LogP contribution in [0, 0.1) is 36.5 Å². The number of nitriles is 1. The predicted molar refractivity (Wildman–Crippen MR) is 115 cm³/mol. The van der Waals surface area contributed by atoms with E-state index in [1.54, 1.807) is 17.0 Å². The normalized spacial score (nSPS) is 21.2. The zero-order valence-electron chi connectivity index (χ0n) is 17.0. The van der Waals surface area contributed by atoms with E-state index in [0.717, 1.165) is 16.8 Å². The molecule has 0 bridgehead atoms. The van der Waals surface area contributed by atoms with E-state index in [4.69, 9.17) is 16.9 Å². The third-order valence-electron chi connectivity index (χ3n) is 5.98. The number of nitrogens with one attached hydrogen (secondary N) is 1. The summed E-state index contributed by atoms with van der Waals surface area (Å²) in [5, 5.41) is 12.4. The summed E-state index contributed by atoms with van der Waals surface area (Å²) in [6.07, 6.45) is 0.513. The highest BCUT2D eigenvalue weighted by Crippen LogP contribution is 2.44. The molecule has 0 radical (unpaired) electrons. The summed E-state index contributed by atoms with van der Waals surface area (Å²) < 4.78 is 0. The van der Waals surface area contributed by atoms with Crippen molar-refractivity contribution in [2.45, 2.75) is 34.1 Å². The van der Waals surface area contributed by atoms with Gasteiger partial charge in [-0.1, -0.05) is 43.6 Å². The molecule has 1 saturated heterocycles. The van der Waals surface area contributed by atoms with Crippen LogP contribution in [0.3, 0.4) is 0 Å². The zero-order chi connectivity index (χ0) is 21.3. The lowest BCUT2D eigenvalue weighted by atomic mass is 9.75. The summed E-state index contributed by atoms with van der Waals surface area (Å²) in [5.41, 5.74) is 2.84. The van der Waals surface area contributed by atoms with Crippen LogP contribution in [0.5, 0.6) is 0 Å². The van der Waals surface area contributed by atoms with Crippen molar-refractivity contribution in [2.24, 2.45) is 11.3 Å². The highest BCUT2D eigenvalue weighted by atomic mass is 35.5. The van der Waals surface area contributed by atoms with Gasteiger partial charge >= 0.3 is 0 Å². The number of aryl methyl sites for hydroxylation is 2. The second-order valence-corrected chi connectivity index (χ2v) is 8.13. The lowest BCUT2D eigenvalue weighted by Gasteiger charge is -2.29. The van der Waals surface area contributed by atoms with E-state index in [0.29, 0.717) is 29.2 Å². The maximum Gasteiger partial charge on any atom is 0.233 e. The molecule has 0 saturated carbocycles. The van der Waals surface area contributed by atoms with Crippen LogP contribution in [-0.2, 0) is 9.59 Å². The van der Waals surface area contributed by atoms with E-state index >= 15 is 0 Å². The third kappa shape index (κ3) is 3.61. The summed E-state index contributed by atoms with van der Waals surface area (Å²) in [7, 11) is 0. The second kappa shape index (κ2) is 7.88. The molecule has 0 aromatic heterocycles. The van der Waals surface area contributed by atoms with Gasteiger partial charge in [-0.15, -0.1) is 0 Å². The lowest BCUT2D eigenvalue weighted by molar-refractivity contribution is -0.131. The molecule has 29 heavy (non-hydrogen) atoms. The number of nitrogens with zero attached hydrogens (tertiary/aromatic N) is 2. The number of hydrogen-bond acceptors (Lipinski definition) is 3. The third-order valence-corrected chi connectivity index (χ3v) is 6.20. The van der Waals surface area contributed by atoms with Crippen molar-refractivity contribution in [1.29, 1.82) is 5.26 Å².